The average molecular weight is 636 g/mol. The van der Waals surface area contributed by atoms with Gasteiger partial charge in [0.05, 0.1) is 17.3 Å². The number of carbonyl (C=O) groups excluding carboxylic acids is 2. The number of aromatic nitrogens is 5. The molecule has 1 aliphatic carbocycles. The Morgan fingerprint density at radius 3 is 2.43 bits per heavy atom. The highest BCUT2D eigenvalue weighted by molar-refractivity contribution is 5.71. The van der Waals surface area contributed by atoms with Crippen LogP contribution in [0.3, 0.4) is 0 Å². The number of amides is 2. The maximum absolute atomic E-state index is 15.2. The lowest BCUT2D eigenvalue weighted by atomic mass is 9.86. The normalized spacial score (nSPS) is 20.5. The number of likely N-dealkylation sites (tertiary alicyclic amines) is 1. The maximum atomic E-state index is 15.2. The van der Waals surface area contributed by atoms with Crippen molar-refractivity contribution in [2.24, 2.45) is 0 Å². The van der Waals surface area contributed by atoms with E-state index in [4.69, 9.17) is 9.47 Å². The molecule has 0 spiro atoms. The molecule has 14 heteroatoms. The molecule has 0 bridgehead atoms. The van der Waals surface area contributed by atoms with Gasteiger partial charge in [0, 0.05) is 43.6 Å². The summed E-state index contributed by atoms with van der Waals surface area (Å²) < 4.78 is 42.8. The summed E-state index contributed by atoms with van der Waals surface area (Å²) in [6.07, 6.45) is 3.76. The summed E-state index contributed by atoms with van der Waals surface area (Å²) in [6.45, 7) is 5.84. The largest absolute Gasteiger partial charge is 0.444 e. The summed E-state index contributed by atoms with van der Waals surface area (Å²) >= 11 is 0. The molecule has 2 N–H and O–H groups in total. The summed E-state index contributed by atoms with van der Waals surface area (Å²) in [6, 6.07) is 6.42. The summed E-state index contributed by atoms with van der Waals surface area (Å²) in [4.78, 5) is 56.7. The number of hydrogen-bond acceptors (Lipinski definition) is 8. The summed E-state index contributed by atoms with van der Waals surface area (Å²) in [5.41, 5.74) is 0.785. The van der Waals surface area contributed by atoms with E-state index in [1.54, 1.807) is 42.5 Å². The smallest absolute Gasteiger partial charge is 0.410 e. The molecule has 1 aromatic carbocycles. The molecule has 1 aliphatic heterocycles. The molecule has 12 nitrogen and oxygen atoms in total. The van der Waals surface area contributed by atoms with E-state index in [0.717, 1.165) is 6.07 Å². The van der Waals surface area contributed by atoms with E-state index < -0.39 is 47.5 Å². The van der Waals surface area contributed by atoms with Crippen LogP contribution in [0.15, 0.2) is 53.7 Å². The third-order valence-corrected chi connectivity index (χ3v) is 8.37. The standard InChI is InChI=1S/C32H35F2N7O5/c1-32(2,3)46-30(43)38-25-20(19-6-4-7-21(33)24(19)34)9-10-23(26-27(25)36-15-14-35-26)45-31(44)40-16-11-18(12-17-40)41-22-8-5-13-37-28(22)39-29(41)42/h4-8,13-15,18,20,23,25H,9-12,16-17H2,1-3H3,(H,38,43)(H,37,39,42). The minimum absolute atomic E-state index is 0.0504. The Bertz CT molecular complexity index is 1810. The molecule has 4 aromatic rings. The van der Waals surface area contributed by atoms with Crippen molar-refractivity contribution in [1.29, 1.82) is 0 Å². The number of benzene rings is 1. The van der Waals surface area contributed by atoms with Crippen LogP contribution in [0.1, 0.15) is 87.5 Å². The van der Waals surface area contributed by atoms with E-state index >= 15 is 4.39 Å². The van der Waals surface area contributed by atoms with Gasteiger partial charge in [-0.1, -0.05) is 12.1 Å². The molecular weight excluding hydrogens is 600 g/mol. The quantitative estimate of drug-likeness (QED) is 0.282. The van der Waals surface area contributed by atoms with Crippen molar-refractivity contribution in [3.05, 3.63) is 88.0 Å². The van der Waals surface area contributed by atoms with Gasteiger partial charge < -0.3 is 19.7 Å². The molecule has 0 saturated carbocycles. The SMILES string of the molecule is CC(C)(C)OC(=O)NC1c2nccnc2C(OC(=O)N2CCC(n3c(=O)[nH]c4ncccc43)CC2)CCC1c1cccc(F)c1F. The van der Waals surface area contributed by atoms with E-state index in [0.29, 0.717) is 42.8 Å². The zero-order valence-electron chi connectivity index (χ0n) is 25.7. The number of ether oxygens (including phenoxy) is 2. The van der Waals surface area contributed by atoms with E-state index in [1.807, 2.05) is 6.07 Å². The van der Waals surface area contributed by atoms with Gasteiger partial charge >= 0.3 is 17.9 Å². The number of carbonyl (C=O) groups is 2. The number of imidazole rings is 1. The molecule has 6 rings (SSSR count). The molecule has 1 saturated heterocycles. The zero-order valence-corrected chi connectivity index (χ0v) is 25.7. The second-order valence-corrected chi connectivity index (χ2v) is 12.5. The third kappa shape index (κ3) is 6.28. The predicted molar refractivity (Wildman–Crippen MR) is 162 cm³/mol. The molecule has 46 heavy (non-hydrogen) atoms. The maximum Gasteiger partial charge on any atom is 0.410 e. The Kier molecular flexibility index (Phi) is 8.45. The lowest BCUT2D eigenvalue weighted by Crippen LogP contribution is -2.41. The van der Waals surface area contributed by atoms with Crippen LogP contribution in [0, 0.1) is 11.6 Å². The number of rotatable bonds is 4. The van der Waals surface area contributed by atoms with Gasteiger partial charge in [-0.15, -0.1) is 0 Å². The summed E-state index contributed by atoms with van der Waals surface area (Å²) in [5, 5.41) is 2.80. The Morgan fingerprint density at radius 2 is 1.70 bits per heavy atom. The Labute approximate surface area is 263 Å². The van der Waals surface area contributed by atoms with Gasteiger partial charge in [0.1, 0.15) is 17.4 Å². The number of alkyl carbamates (subject to hydrolysis) is 1. The lowest BCUT2D eigenvalue weighted by Gasteiger charge is -2.32. The van der Waals surface area contributed by atoms with Crippen molar-refractivity contribution in [3.63, 3.8) is 0 Å². The Morgan fingerprint density at radius 1 is 0.957 bits per heavy atom. The zero-order chi connectivity index (χ0) is 32.6. The third-order valence-electron chi connectivity index (χ3n) is 8.37. The van der Waals surface area contributed by atoms with Crippen LogP contribution in [0.5, 0.6) is 0 Å². The fourth-order valence-corrected chi connectivity index (χ4v) is 6.36. The van der Waals surface area contributed by atoms with E-state index in [2.05, 4.69) is 25.3 Å². The van der Waals surface area contributed by atoms with Gasteiger partial charge in [0.15, 0.2) is 17.3 Å². The molecule has 1 fully saturated rings. The highest BCUT2D eigenvalue weighted by Gasteiger charge is 2.40. The first-order valence-electron chi connectivity index (χ1n) is 15.2. The van der Waals surface area contributed by atoms with Gasteiger partial charge in [-0.2, -0.15) is 0 Å². The van der Waals surface area contributed by atoms with Crippen LogP contribution in [-0.4, -0.2) is 60.3 Å². The topological polar surface area (TPSA) is 144 Å². The summed E-state index contributed by atoms with van der Waals surface area (Å²) in [5.74, 6) is -2.82. The number of aromatic amines is 1. The van der Waals surface area contributed by atoms with Crippen molar-refractivity contribution >= 4 is 23.4 Å². The molecule has 0 radical (unpaired) electrons. The Balaban J connectivity index is 1.23. The number of halogens is 2. The van der Waals surface area contributed by atoms with Gasteiger partial charge in [-0.05, 0) is 70.2 Å². The van der Waals surface area contributed by atoms with E-state index in [9.17, 15) is 18.8 Å². The highest BCUT2D eigenvalue weighted by Crippen LogP contribution is 2.44. The minimum Gasteiger partial charge on any atom is -0.444 e. The molecule has 3 aromatic heterocycles. The second-order valence-electron chi connectivity index (χ2n) is 12.5. The molecule has 3 atom stereocenters. The summed E-state index contributed by atoms with van der Waals surface area (Å²) in [7, 11) is 0. The van der Waals surface area contributed by atoms with Crippen LogP contribution in [0.25, 0.3) is 11.2 Å². The van der Waals surface area contributed by atoms with Gasteiger partial charge in [0.2, 0.25) is 0 Å². The molecule has 4 heterocycles. The van der Waals surface area contributed by atoms with Crippen molar-refractivity contribution in [2.75, 3.05) is 13.1 Å². The van der Waals surface area contributed by atoms with Crippen molar-refractivity contribution in [3.8, 4) is 0 Å². The fourth-order valence-electron chi connectivity index (χ4n) is 6.36. The molecule has 2 amide bonds. The second kappa shape index (κ2) is 12.5. The monoisotopic (exact) mass is 635 g/mol. The number of piperidine rings is 1. The van der Waals surface area contributed by atoms with Crippen molar-refractivity contribution in [2.45, 2.75) is 76.2 Å². The van der Waals surface area contributed by atoms with Crippen LogP contribution < -0.4 is 11.0 Å². The first kappa shape index (κ1) is 31.1. The van der Waals surface area contributed by atoms with Gasteiger partial charge in [0.25, 0.3) is 0 Å². The number of fused-ring (bicyclic) bond motifs is 2. The number of nitrogens with one attached hydrogen (secondary N) is 2. The van der Waals surface area contributed by atoms with Crippen LogP contribution in [0.2, 0.25) is 0 Å². The number of hydrogen-bond donors (Lipinski definition) is 2. The first-order chi connectivity index (χ1) is 22.0. The van der Waals surface area contributed by atoms with Gasteiger partial charge in [-0.25, -0.2) is 28.1 Å². The predicted octanol–water partition coefficient (Wildman–Crippen LogP) is 5.45. The average Bonchev–Trinajstić information content (AvgIpc) is 3.28. The first-order valence-corrected chi connectivity index (χ1v) is 15.2. The highest BCUT2D eigenvalue weighted by atomic mass is 19.2. The molecule has 3 unspecified atom stereocenters. The number of nitrogens with zero attached hydrogens (tertiary/aromatic N) is 5. The van der Waals surface area contributed by atoms with E-state index in [-0.39, 0.29) is 35.8 Å². The van der Waals surface area contributed by atoms with Crippen LogP contribution in [-0.2, 0) is 9.47 Å². The fraction of sp³-hybridized carbons (Fsp3) is 0.438. The van der Waals surface area contributed by atoms with E-state index in [1.165, 1.54) is 24.5 Å². The van der Waals surface area contributed by atoms with Crippen molar-refractivity contribution in [1.82, 2.24) is 34.7 Å². The molecular formula is C32H35F2N7O5. The van der Waals surface area contributed by atoms with Crippen LogP contribution >= 0.6 is 0 Å². The number of H-pyrrole nitrogens is 1. The van der Waals surface area contributed by atoms with Crippen LogP contribution in [0.4, 0.5) is 18.4 Å². The molecule has 242 valence electrons. The Hall–Kier alpha value is -4.88. The minimum atomic E-state index is -1.03. The molecule has 2 aliphatic rings. The van der Waals surface area contributed by atoms with Crippen molar-refractivity contribution < 1.29 is 27.8 Å². The van der Waals surface area contributed by atoms with Gasteiger partial charge in [-0.3, -0.25) is 19.5 Å². The number of pyridine rings is 1. The lowest BCUT2D eigenvalue weighted by molar-refractivity contribution is 0.0471.